The molecule has 1 saturated carbocycles. The third-order valence-corrected chi connectivity index (χ3v) is 5.09. The van der Waals surface area contributed by atoms with E-state index in [4.69, 9.17) is 4.74 Å². The van der Waals surface area contributed by atoms with Gasteiger partial charge in [-0.3, -0.25) is 0 Å². The highest BCUT2D eigenvalue weighted by Gasteiger charge is 2.26. The first kappa shape index (κ1) is 16.4. The second-order valence-electron chi connectivity index (χ2n) is 6.59. The van der Waals surface area contributed by atoms with Crippen LogP contribution in [0, 0.1) is 0 Å². The lowest BCUT2D eigenvalue weighted by Gasteiger charge is -2.19. The molecule has 3 nitrogen and oxygen atoms in total. The highest BCUT2D eigenvalue weighted by Crippen LogP contribution is 2.25. The number of ether oxygens (including phenoxy) is 1. The maximum absolute atomic E-state index is 12.1. The molecule has 1 aromatic rings. The molecule has 0 heterocycles. The Morgan fingerprint density at radius 3 is 2.57 bits per heavy atom. The molecule has 1 atom stereocenters. The molecule has 21 heavy (non-hydrogen) atoms. The van der Waals surface area contributed by atoms with Crippen LogP contribution in [0.4, 0.5) is 0 Å². The molecule has 0 N–H and O–H groups in total. The third-order valence-electron chi connectivity index (χ3n) is 3.60. The molecule has 4 heteroatoms. The van der Waals surface area contributed by atoms with E-state index < -0.39 is 11.4 Å². The van der Waals surface area contributed by atoms with E-state index >= 15 is 0 Å². The number of hydrogen-bond donors (Lipinski definition) is 0. The molecule has 0 amide bonds. The van der Waals surface area contributed by atoms with Crippen LogP contribution < -0.4 is 4.74 Å². The normalized spacial score (nSPS) is 18.8. The quantitative estimate of drug-likeness (QED) is 0.615. The van der Waals surface area contributed by atoms with Gasteiger partial charge in [0.1, 0.15) is 21.9 Å². The molecular formula is C17H25NO2S. The second-order valence-corrected chi connectivity index (χ2v) is 8.50. The van der Waals surface area contributed by atoms with Crippen molar-refractivity contribution in [3.8, 4) is 5.75 Å². The van der Waals surface area contributed by atoms with Crippen LogP contribution in [0.3, 0.4) is 0 Å². The molecule has 0 aliphatic heterocycles. The maximum Gasteiger partial charge on any atom is 0.144 e. The van der Waals surface area contributed by atoms with Gasteiger partial charge in [-0.2, -0.15) is 0 Å². The molecule has 0 saturated heterocycles. The maximum atomic E-state index is 12.1. The molecule has 2 rings (SSSR count). The third kappa shape index (κ3) is 4.75. The van der Waals surface area contributed by atoms with Crippen LogP contribution in [0.25, 0.3) is 0 Å². The van der Waals surface area contributed by atoms with Gasteiger partial charge in [-0.15, -0.1) is 0 Å². The summed E-state index contributed by atoms with van der Waals surface area (Å²) in [7, 11) is 0. The van der Waals surface area contributed by atoms with Crippen molar-refractivity contribution in [2.75, 3.05) is 0 Å². The van der Waals surface area contributed by atoms with Crippen molar-refractivity contribution in [2.45, 2.75) is 64.2 Å². The molecule has 1 unspecified atom stereocenters. The van der Waals surface area contributed by atoms with E-state index in [2.05, 4.69) is 4.40 Å². The average Bonchev–Trinajstić information content (AvgIpc) is 2.90. The average molecular weight is 307 g/mol. The first-order chi connectivity index (χ1) is 9.86. The van der Waals surface area contributed by atoms with E-state index in [1.165, 1.54) is 12.8 Å². The number of nitrogens with zero attached hydrogens (tertiary/aromatic N) is 1. The van der Waals surface area contributed by atoms with E-state index in [0.29, 0.717) is 6.10 Å². The van der Waals surface area contributed by atoms with Crippen LogP contribution in [-0.2, 0) is 11.4 Å². The predicted molar refractivity (Wildman–Crippen MR) is 89.4 cm³/mol. The summed E-state index contributed by atoms with van der Waals surface area (Å²) < 4.78 is 22.1. The fourth-order valence-electron chi connectivity index (χ4n) is 2.31. The van der Waals surface area contributed by atoms with Crippen molar-refractivity contribution in [1.29, 1.82) is 0 Å². The molecule has 0 bridgehead atoms. The summed E-state index contributed by atoms with van der Waals surface area (Å²) in [6.07, 6.45) is 5.16. The lowest BCUT2D eigenvalue weighted by atomic mass is 10.1. The molecule has 116 valence electrons. The Morgan fingerprint density at radius 1 is 1.29 bits per heavy atom. The summed E-state index contributed by atoms with van der Waals surface area (Å²) in [5, 5.41) is 0. The Bertz CT molecular complexity index is 502. The topological polar surface area (TPSA) is 44.7 Å². The second kappa shape index (κ2) is 6.84. The van der Waals surface area contributed by atoms with Gasteiger partial charge >= 0.3 is 0 Å². The minimum absolute atomic E-state index is 0.334. The summed E-state index contributed by atoms with van der Waals surface area (Å²) in [6.45, 7) is 7.69. The fourth-order valence-corrected chi connectivity index (χ4v) is 2.94. The molecule has 1 aliphatic carbocycles. The van der Waals surface area contributed by atoms with Gasteiger partial charge < -0.3 is 9.29 Å². The molecular weight excluding hydrogens is 282 g/mol. The van der Waals surface area contributed by atoms with E-state index in [1.807, 2.05) is 52.0 Å². The van der Waals surface area contributed by atoms with E-state index in [1.54, 1.807) is 0 Å². The van der Waals surface area contributed by atoms with E-state index in [-0.39, 0.29) is 4.75 Å². The van der Waals surface area contributed by atoms with Crippen molar-refractivity contribution >= 4 is 17.1 Å². The summed E-state index contributed by atoms with van der Waals surface area (Å²) >= 11 is -1.23. The Hall–Kier alpha value is -1.00. The van der Waals surface area contributed by atoms with Crippen LogP contribution in [0.1, 0.15) is 58.9 Å². The van der Waals surface area contributed by atoms with Gasteiger partial charge in [-0.05, 0) is 65.5 Å². The SMILES string of the molecule is CC(=N[S+]([O-])C(C)(C)C)c1cccc(OC2CCCC2)c1. The molecule has 1 fully saturated rings. The Kier molecular flexibility index (Phi) is 5.33. The van der Waals surface area contributed by atoms with E-state index in [9.17, 15) is 4.55 Å². The smallest absolute Gasteiger partial charge is 0.144 e. The summed E-state index contributed by atoms with van der Waals surface area (Å²) in [6, 6.07) is 7.94. The first-order valence-corrected chi connectivity index (χ1v) is 8.71. The monoisotopic (exact) mass is 307 g/mol. The molecule has 0 aromatic heterocycles. The Morgan fingerprint density at radius 2 is 1.95 bits per heavy atom. The lowest BCUT2D eigenvalue weighted by Crippen LogP contribution is -2.26. The summed E-state index contributed by atoms with van der Waals surface area (Å²) in [5.74, 6) is 0.885. The van der Waals surface area contributed by atoms with E-state index in [0.717, 1.165) is 29.9 Å². The summed E-state index contributed by atoms with van der Waals surface area (Å²) in [5.41, 5.74) is 1.77. The highest BCUT2D eigenvalue weighted by molar-refractivity contribution is 7.91. The predicted octanol–water partition coefficient (Wildman–Crippen LogP) is 4.28. The van der Waals surface area contributed by atoms with Gasteiger partial charge in [0.15, 0.2) is 0 Å². The molecule has 0 spiro atoms. The zero-order valence-electron chi connectivity index (χ0n) is 13.4. The largest absolute Gasteiger partial charge is 0.591 e. The number of hydrogen-bond acceptors (Lipinski definition) is 3. The minimum Gasteiger partial charge on any atom is -0.591 e. The van der Waals surface area contributed by atoms with Gasteiger partial charge in [-0.1, -0.05) is 16.5 Å². The lowest BCUT2D eigenvalue weighted by molar-refractivity contribution is 0.210. The van der Waals surface area contributed by atoms with Crippen molar-refractivity contribution in [2.24, 2.45) is 4.40 Å². The molecule has 0 radical (unpaired) electrons. The first-order valence-electron chi connectivity index (χ1n) is 7.60. The minimum atomic E-state index is -1.23. The Labute approximate surface area is 131 Å². The highest BCUT2D eigenvalue weighted by atomic mass is 32.2. The van der Waals surface area contributed by atoms with Crippen LogP contribution in [0.2, 0.25) is 0 Å². The van der Waals surface area contributed by atoms with Gasteiger partial charge in [0.2, 0.25) is 0 Å². The van der Waals surface area contributed by atoms with Crippen molar-refractivity contribution in [3.63, 3.8) is 0 Å². The zero-order valence-corrected chi connectivity index (χ0v) is 14.2. The standard InChI is InChI=1S/C17H25NO2S/c1-13(18-21(19)17(2,3)4)14-8-7-11-16(12-14)20-15-9-5-6-10-15/h7-8,11-12,15H,5-6,9-10H2,1-4H3. The van der Waals surface area contributed by atoms with Gasteiger partial charge in [0.05, 0.1) is 11.8 Å². The van der Waals surface area contributed by atoms with Gasteiger partial charge in [-0.25, -0.2) is 0 Å². The fraction of sp³-hybridized carbons (Fsp3) is 0.588. The van der Waals surface area contributed by atoms with Crippen LogP contribution in [0.5, 0.6) is 5.75 Å². The Balaban J connectivity index is 2.10. The van der Waals surface area contributed by atoms with Crippen molar-refractivity contribution in [1.82, 2.24) is 0 Å². The van der Waals surface area contributed by atoms with Crippen LogP contribution >= 0.6 is 0 Å². The van der Waals surface area contributed by atoms with Crippen molar-refractivity contribution in [3.05, 3.63) is 29.8 Å². The van der Waals surface area contributed by atoms with Gasteiger partial charge in [0, 0.05) is 5.56 Å². The number of rotatable bonds is 4. The van der Waals surface area contributed by atoms with Crippen LogP contribution in [0.15, 0.2) is 28.7 Å². The number of benzene rings is 1. The molecule has 1 aliphatic rings. The van der Waals surface area contributed by atoms with Crippen LogP contribution in [-0.4, -0.2) is 21.1 Å². The molecule has 1 aromatic carbocycles. The summed E-state index contributed by atoms with van der Waals surface area (Å²) in [4.78, 5) is 0. The van der Waals surface area contributed by atoms with Crippen molar-refractivity contribution < 1.29 is 9.29 Å². The van der Waals surface area contributed by atoms with Gasteiger partial charge in [0.25, 0.3) is 0 Å². The zero-order chi connectivity index (χ0) is 15.5.